The molecule has 0 bridgehead atoms. The van der Waals surface area contributed by atoms with Gasteiger partial charge < -0.3 is 19.5 Å². The smallest absolute Gasteiger partial charge is 0.407 e. The van der Waals surface area contributed by atoms with Crippen LogP contribution in [0.15, 0.2) is 24.3 Å². The molecule has 1 aliphatic rings. The van der Waals surface area contributed by atoms with E-state index < -0.39 is 11.7 Å². The molecule has 6 nitrogen and oxygen atoms in total. The molecule has 37 heavy (non-hydrogen) atoms. The van der Waals surface area contributed by atoms with Gasteiger partial charge in [-0.15, -0.1) is 11.3 Å². The number of carbonyl (C=O) groups excluding carboxylic acids is 2. The number of esters is 1. The molecule has 1 aromatic carbocycles. The van der Waals surface area contributed by atoms with E-state index >= 15 is 0 Å². The monoisotopic (exact) mass is 529 g/mol. The molecule has 1 amide bonds. The number of rotatable bonds is 10. The predicted molar refractivity (Wildman–Crippen MR) is 150 cm³/mol. The first kappa shape index (κ1) is 29.0. The van der Waals surface area contributed by atoms with Crippen LogP contribution in [0.25, 0.3) is 10.4 Å². The molecule has 0 radical (unpaired) electrons. The summed E-state index contributed by atoms with van der Waals surface area (Å²) in [5.41, 5.74) is 2.62. The zero-order valence-electron chi connectivity index (χ0n) is 23.5. The number of unbranched alkanes of at least 4 members (excludes halogenated alkanes) is 1. The first-order valence-corrected chi connectivity index (χ1v) is 14.2. The number of fused-ring (bicyclic) bond motifs is 1. The van der Waals surface area contributed by atoms with Gasteiger partial charge in [0.15, 0.2) is 0 Å². The second kappa shape index (κ2) is 12.3. The van der Waals surface area contributed by atoms with Crippen molar-refractivity contribution in [3.63, 3.8) is 0 Å². The summed E-state index contributed by atoms with van der Waals surface area (Å²) in [4.78, 5) is 27.2. The molecule has 0 aliphatic heterocycles. The summed E-state index contributed by atoms with van der Waals surface area (Å²) in [5.74, 6) is 0.872. The third-order valence-electron chi connectivity index (χ3n) is 6.15. The van der Waals surface area contributed by atoms with Crippen LogP contribution in [0.3, 0.4) is 0 Å². The molecule has 0 spiro atoms. The maximum absolute atomic E-state index is 13.2. The SMILES string of the molecule is CC(C)COC(=O)c1c(-c2ccc(OCCCCNC(=O)OC(C)(C)C)cc2)sc2c1CC(C)(C)CC2. The number of benzene rings is 1. The molecule has 1 aliphatic carbocycles. The van der Waals surface area contributed by atoms with Gasteiger partial charge >= 0.3 is 12.1 Å². The molecule has 204 valence electrons. The summed E-state index contributed by atoms with van der Waals surface area (Å²) in [6, 6.07) is 7.97. The van der Waals surface area contributed by atoms with Crippen molar-refractivity contribution in [2.45, 2.75) is 86.2 Å². The maximum atomic E-state index is 13.2. The molecule has 0 saturated heterocycles. The highest BCUT2D eigenvalue weighted by atomic mass is 32.1. The Labute approximate surface area is 226 Å². The van der Waals surface area contributed by atoms with Crippen LogP contribution >= 0.6 is 11.3 Å². The molecule has 1 N–H and O–H groups in total. The second-order valence-electron chi connectivity index (χ2n) is 12.0. The number of hydrogen-bond donors (Lipinski definition) is 1. The van der Waals surface area contributed by atoms with E-state index in [4.69, 9.17) is 14.2 Å². The van der Waals surface area contributed by atoms with Crippen molar-refractivity contribution < 1.29 is 23.8 Å². The summed E-state index contributed by atoms with van der Waals surface area (Å²) in [5, 5.41) is 2.77. The molecular weight excluding hydrogens is 486 g/mol. The highest BCUT2D eigenvalue weighted by molar-refractivity contribution is 7.16. The van der Waals surface area contributed by atoms with Crippen LogP contribution in [0, 0.1) is 11.3 Å². The third kappa shape index (κ3) is 8.77. The fraction of sp³-hybridized carbons (Fsp3) is 0.600. The van der Waals surface area contributed by atoms with Crippen molar-refractivity contribution in [2.75, 3.05) is 19.8 Å². The van der Waals surface area contributed by atoms with E-state index in [2.05, 4.69) is 33.0 Å². The normalized spacial score (nSPS) is 14.7. The number of nitrogens with one attached hydrogen (secondary N) is 1. The van der Waals surface area contributed by atoms with Gasteiger partial charge in [-0.3, -0.25) is 0 Å². The zero-order valence-corrected chi connectivity index (χ0v) is 24.3. The minimum Gasteiger partial charge on any atom is -0.494 e. The largest absolute Gasteiger partial charge is 0.494 e. The Morgan fingerprint density at radius 2 is 1.81 bits per heavy atom. The fourth-order valence-corrected chi connectivity index (χ4v) is 5.59. The van der Waals surface area contributed by atoms with E-state index in [-0.39, 0.29) is 11.4 Å². The highest BCUT2D eigenvalue weighted by Crippen LogP contribution is 2.45. The average molecular weight is 530 g/mol. The quantitative estimate of drug-likeness (QED) is 0.256. The number of hydrogen-bond acceptors (Lipinski definition) is 6. The van der Waals surface area contributed by atoms with Crippen molar-refractivity contribution in [1.29, 1.82) is 0 Å². The van der Waals surface area contributed by atoms with E-state index in [0.717, 1.165) is 53.9 Å². The molecular formula is C30H43NO5S. The number of alkyl carbamates (subject to hydrolysis) is 1. The molecule has 1 heterocycles. The van der Waals surface area contributed by atoms with Crippen molar-refractivity contribution in [2.24, 2.45) is 11.3 Å². The molecule has 2 aromatic rings. The summed E-state index contributed by atoms with van der Waals surface area (Å²) in [6.45, 7) is 15.7. The van der Waals surface area contributed by atoms with Crippen LogP contribution in [-0.2, 0) is 22.3 Å². The number of ether oxygens (including phenoxy) is 3. The summed E-state index contributed by atoms with van der Waals surface area (Å²) < 4.78 is 16.8. The Morgan fingerprint density at radius 1 is 1.11 bits per heavy atom. The highest BCUT2D eigenvalue weighted by Gasteiger charge is 2.33. The van der Waals surface area contributed by atoms with Crippen LogP contribution in [0.1, 0.15) is 88.5 Å². The van der Waals surface area contributed by atoms with Crippen molar-refractivity contribution in [3.8, 4) is 16.2 Å². The Hall–Kier alpha value is -2.54. The van der Waals surface area contributed by atoms with Gasteiger partial charge in [-0.1, -0.05) is 27.7 Å². The molecule has 1 aromatic heterocycles. The molecule has 0 unspecified atom stereocenters. The molecule has 0 saturated carbocycles. The Morgan fingerprint density at radius 3 is 2.46 bits per heavy atom. The zero-order chi connectivity index (χ0) is 27.2. The van der Waals surface area contributed by atoms with Crippen molar-refractivity contribution in [3.05, 3.63) is 40.3 Å². The van der Waals surface area contributed by atoms with E-state index in [0.29, 0.717) is 25.7 Å². The number of thiophene rings is 1. The van der Waals surface area contributed by atoms with Gasteiger partial charge in [-0.2, -0.15) is 0 Å². The number of aryl methyl sites for hydroxylation is 1. The average Bonchev–Trinajstić information content (AvgIpc) is 3.16. The van der Waals surface area contributed by atoms with Gasteiger partial charge in [-0.25, -0.2) is 9.59 Å². The Balaban J connectivity index is 1.61. The van der Waals surface area contributed by atoms with Crippen LogP contribution in [0.5, 0.6) is 5.75 Å². The molecule has 0 fully saturated rings. The third-order valence-corrected chi connectivity index (χ3v) is 7.49. The van der Waals surface area contributed by atoms with Crippen molar-refractivity contribution >= 4 is 23.4 Å². The van der Waals surface area contributed by atoms with E-state index in [1.54, 1.807) is 11.3 Å². The van der Waals surface area contributed by atoms with Gasteiger partial charge in [0.1, 0.15) is 11.4 Å². The lowest BCUT2D eigenvalue weighted by Gasteiger charge is -2.29. The molecule has 7 heteroatoms. The lowest BCUT2D eigenvalue weighted by atomic mass is 9.76. The predicted octanol–water partition coefficient (Wildman–Crippen LogP) is 7.43. The Kier molecular flexibility index (Phi) is 9.68. The Bertz CT molecular complexity index is 1060. The fourth-order valence-electron chi connectivity index (χ4n) is 4.28. The lowest BCUT2D eigenvalue weighted by Crippen LogP contribution is -2.33. The van der Waals surface area contributed by atoms with Gasteiger partial charge in [-0.05, 0) is 99.6 Å². The van der Waals surface area contributed by atoms with Gasteiger partial charge in [0, 0.05) is 16.3 Å². The maximum Gasteiger partial charge on any atom is 0.407 e. The first-order valence-electron chi connectivity index (χ1n) is 13.4. The minimum atomic E-state index is -0.493. The van der Waals surface area contributed by atoms with Crippen LogP contribution in [-0.4, -0.2) is 37.4 Å². The van der Waals surface area contributed by atoms with E-state index in [1.165, 1.54) is 10.4 Å². The van der Waals surface area contributed by atoms with Gasteiger partial charge in [0.2, 0.25) is 0 Å². The molecule has 0 atom stereocenters. The van der Waals surface area contributed by atoms with E-state index in [1.807, 2.05) is 45.0 Å². The number of carbonyl (C=O) groups is 2. The van der Waals surface area contributed by atoms with E-state index in [9.17, 15) is 9.59 Å². The lowest BCUT2D eigenvalue weighted by molar-refractivity contribution is 0.0457. The van der Waals surface area contributed by atoms with Crippen LogP contribution in [0.2, 0.25) is 0 Å². The topological polar surface area (TPSA) is 73.9 Å². The number of amides is 1. The first-order chi connectivity index (χ1) is 17.3. The van der Waals surface area contributed by atoms with Crippen LogP contribution < -0.4 is 10.1 Å². The van der Waals surface area contributed by atoms with Gasteiger partial charge in [0.25, 0.3) is 0 Å². The summed E-state index contributed by atoms with van der Waals surface area (Å²) in [6.07, 6.45) is 4.25. The summed E-state index contributed by atoms with van der Waals surface area (Å²) in [7, 11) is 0. The van der Waals surface area contributed by atoms with Crippen LogP contribution in [0.4, 0.5) is 4.79 Å². The minimum absolute atomic E-state index is 0.179. The standard InChI is InChI=1S/C30H43NO5S/c1-20(2)19-35-27(32)25-23-18-30(6,7)15-14-24(23)37-26(25)21-10-12-22(13-11-21)34-17-9-8-16-31-28(33)36-29(3,4)5/h10-13,20H,8-9,14-19H2,1-7H3,(H,31,33). The van der Waals surface area contributed by atoms with Gasteiger partial charge in [0.05, 0.1) is 18.8 Å². The second-order valence-corrected chi connectivity index (χ2v) is 13.2. The summed E-state index contributed by atoms with van der Waals surface area (Å²) >= 11 is 1.73. The molecule has 3 rings (SSSR count). The van der Waals surface area contributed by atoms with Crippen molar-refractivity contribution in [1.82, 2.24) is 5.32 Å².